The molecular formula is C14H19NO3. The molecule has 4 nitrogen and oxygen atoms in total. The van der Waals surface area contributed by atoms with Crippen molar-refractivity contribution in [1.29, 1.82) is 0 Å². The number of carbonyl (C=O) groups is 1. The van der Waals surface area contributed by atoms with E-state index in [-0.39, 0.29) is 0 Å². The van der Waals surface area contributed by atoms with Crippen LogP contribution in [-0.2, 0) is 9.53 Å². The summed E-state index contributed by atoms with van der Waals surface area (Å²) in [6.07, 6.45) is 2.76. The Morgan fingerprint density at radius 1 is 1.50 bits per heavy atom. The number of anilines is 1. The largest absolute Gasteiger partial charge is 0.478 e. The molecule has 0 atom stereocenters. The van der Waals surface area contributed by atoms with Gasteiger partial charge in [-0.1, -0.05) is 6.07 Å². The normalized spacial score (nSPS) is 10.8. The maximum atomic E-state index is 10.5. The second kappa shape index (κ2) is 6.81. The lowest BCUT2D eigenvalue weighted by molar-refractivity contribution is -0.131. The van der Waals surface area contributed by atoms with E-state index in [1.807, 2.05) is 32.2 Å². The summed E-state index contributed by atoms with van der Waals surface area (Å²) in [5, 5.41) is 8.60. The fourth-order valence-electron chi connectivity index (χ4n) is 1.60. The zero-order valence-electron chi connectivity index (χ0n) is 11.0. The number of methoxy groups -OCH3 is 1. The van der Waals surface area contributed by atoms with E-state index in [0.29, 0.717) is 6.61 Å². The highest BCUT2D eigenvalue weighted by Crippen LogP contribution is 2.19. The molecule has 0 radical (unpaired) electrons. The predicted molar refractivity (Wildman–Crippen MR) is 73.0 cm³/mol. The standard InChI is InChI=1S/C14H19NO3/c1-11-10-13(15(2)8-9-18-3)6-4-12(11)5-7-14(16)17/h4-7,10H,8-9H2,1-3H3,(H,16,17)/b7-5+. The Balaban J connectivity index is 2.81. The summed E-state index contributed by atoms with van der Waals surface area (Å²) >= 11 is 0. The Morgan fingerprint density at radius 3 is 2.78 bits per heavy atom. The van der Waals surface area contributed by atoms with Gasteiger partial charge >= 0.3 is 5.97 Å². The zero-order valence-corrected chi connectivity index (χ0v) is 11.0. The molecule has 0 heterocycles. The monoisotopic (exact) mass is 249 g/mol. The summed E-state index contributed by atoms with van der Waals surface area (Å²) in [5.41, 5.74) is 3.06. The highest BCUT2D eigenvalue weighted by atomic mass is 16.5. The third kappa shape index (κ3) is 4.22. The first kappa shape index (κ1) is 14.3. The molecule has 98 valence electrons. The van der Waals surface area contributed by atoms with Crippen LogP contribution in [-0.4, -0.2) is 38.4 Å². The second-order valence-electron chi connectivity index (χ2n) is 4.13. The number of likely N-dealkylation sites (N-methyl/N-ethyl adjacent to an activating group) is 1. The minimum absolute atomic E-state index is 0.677. The van der Waals surface area contributed by atoms with E-state index in [4.69, 9.17) is 9.84 Å². The summed E-state index contributed by atoms with van der Waals surface area (Å²) in [7, 11) is 3.68. The van der Waals surface area contributed by atoms with Crippen molar-refractivity contribution in [2.75, 3.05) is 32.2 Å². The molecule has 0 amide bonds. The highest BCUT2D eigenvalue weighted by Gasteiger charge is 2.03. The Labute approximate surface area is 107 Å². The Hall–Kier alpha value is -1.81. The van der Waals surface area contributed by atoms with Crippen LogP contribution in [0.15, 0.2) is 24.3 Å². The first-order chi connectivity index (χ1) is 8.54. The average Bonchev–Trinajstić information content (AvgIpc) is 2.34. The topological polar surface area (TPSA) is 49.8 Å². The van der Waals surface area contributed by atoms with E-state index in [1.54, 1.807) is 13.2 Å². The minimum Gasteiger partial charge on any atom is -0.478 e. The van der Waals surface area contributed by atoms with Crippen molar-refractivity contribution >= 4 is 17.7 Å². The Kier molecular flexibility index (Phi) is 5.39. The number of hydrogen-bond donors (Lipinski definition) is 1. The number of hydrogen-bond acceptors (Lipinski definition) is 3. The van der Waals surface area contributed by atoms with Crippen molar-refractivity contribution in [3.05, 3.63) is 35.4 Å². The van der Waals surface area contributed by atoms with E-state index >= 15 is 0 Å². The maximum absolute atomic E-state index is 10.5. The lowest BCUT2D eigenvalue weighted by atomic mass is 10.1. The molecule has 0 unspecified atom stereocenters. The third-order valence-corrected chi connectivity index (χ3v) is 2.73. The quantitative estimate of drug-likeness (QED) is 0.785. The number of aliphatic carboxylic acids is 1. The van der Waals surface area contributed by atoms with Crippen molar-refractivity contribution < 1.29 is 14.6 Å². The zero-order chi connectivity index (χ0) is 13.5. The van der Waals surface area contributed by atoms with Crippen LogP contribution in [0.5, 0.6) is 0 Å². The van der Waals surface area contributed by atoms with Crippen LogP contribution in [0, 0.1) is 6.92 Å². The van der Waals surface area contributed by atoms with Gasteiger partial charge in [-0.2, -0.15) is 0 Å². The van der Waals surface area contributed by atoms with Gasteiger partial charge in [-0.3, -0.25) is 0 Å². The first-order valence-electron chi connectivity index (χ1n) is 5.76. The van der Waals surface area contributed by atoms with Crippen LogP contribution in [0.3, 0.4) is 0 Å². The van der Waals surface area contributed by atoms with E-state index in [9.17, 15) is 4.79 Å². The molecule has 0 aliphatic carbocycles. The van der Waals surface area contributed by atoms with Gasteiger partial charge < -0.3 is 14.7 Å². The number of ether oxygens (including phenoxy) is 1. The van der Waals surface area contributed by atoms with Crippen molar-refractivity contribution in [3.8, 4) is 0 Å². The van der Waals surface area contributed by atoms with Gasteiger partial charge in [0.2, 0.25) is 0 Å². The number of aryl methyl sites for hydroxylation is 1. The fraction of sp³-hybridized carbons (Fsp3) is 0.357. The smallest absolute Gasteiger partial charge is 0.328 e. The minimum atomic E-state index is -0.935. The number of carboxylic acids is 1. The highest BCUT2D eigenvalue weighted by molar-refractivity contribution is 5.85. The van der Waals surface area contributed by atoms with Gasteiger partial charge in [0.15, 0.2) is 0 Å². The Morgan fingerprint density at radius 2 is 2.22 bits per heavy atom. The molecule has 0 fully saturated rings. The second-order valence-corrected chi connectivity index (χ2v) is 4.13. The number of benzene rings is 1. The lowest BCUT2D eigenvalue weighted by Crippen LogP contribution is -2.22. The Bertz CT molecular complexity index is 441. The molecule has 1 N–H and O–H groups in total. The molecule has 0 aliphatic rings. The summed E-state index contributed by atoms with van der Waals surface area (Å²) in [6.45, 7) is 3.46. The number of carboxylic acid groups (broad SMARTS) is 1. The molecule has 1 aromatic rings. The molecular weight excluding hydrogens is 230 g/mol. The van der Waals surface area contributed by atoms with Gasteiger partial charge in [-0.15, -0.1) is 0 Å². The van der Waals surface area contributed by atoms with Crippen LogP contribution in [0.4, 0.5) is 5.69 Å². The molecule has 1 aromatic carbocycles. The van der Waals surface area contributed by atoms with Gasteiger partial charge in [-0.05, 0) is 36.3 Å². The average molecular weight is 249 g/mol. The SMILES string of the molecule is COCCN(C)c1ccc(/C=C/C(=O)O)c(C)c1. The van der Waals surface area contributed by atoms with Gasteiger partial charge in [0.25, 0.3) is 0 Å². The van der Waals surface area contributed by atoms with Gasteiger partial charge in [0.1, 0.15) is 0 Å². The van der Waals surface area contributed by atoms with E-state index in [1.165, 1.54) is 0 Å². The molecule has 1 rings (SSSR count). The van der Waals surface area contributed by atoms with Crippen molar-refractivity contribution in [1.82, 2.24) is 0 Å². The summed E-state index contributed by atoms with van der Waals surface area (Å²) in [4.78, 5) is 12.6. The summed E-state index contributed by atoms with van der Waals surface area (Å²) in [6, 6.07) is 5.94. The van der Waals surface area contributed by atoms with Gasteiger partial charge in [-0.25, -0.2) is 4.79 Å². The molecule has 0 spiro atoms. The first-order valence-corrected chi connectivity index (χ1v) is 5.76. The van der Waals surface area contributed by atoms with Crippen LogP contribution in [0.25, 0.3) is 6.08 Å². The van der Waals surface area contributed by atoms with Crippen LogP contribution in [0.2, 0.25) is 0 Å². The van der Waals surface area contributed by atoms with Gasteiger partial charge in [0.05, 0.1) is 6.61 Å². The molecule has 0 saturated heterocycles. The molecule has 4 heteroatoms. The van der Waals surface area contributed by atoms with Crippen molar-refractivity contribution in [2.45, 2.75) is 6.92 Å². The van der Waals surface area contributed by atoms with E-state index < -0.39 is 5.97 Å². The van der Waals surface area contributed by atoms with Crippen molar-refractivity contribution in [3.63, 3.8) is 0 Å². The number of rotatable bonds is 6. The van der Waals surface area contributed by atoms with Crippen LogP contribution in [0.1, 0.15) is 11.1 Å². The molecule has 18 heavy (non-hydrogen) atoms. The van der Waals surface area contributed by atoms with Crippen LogP contribution >= 0.6 is 0 Å². The van der Waals surface area contributed by atoms with Gasteiger partial charge in [0, 0.05) is 32.5 Å². The lowest BCUT2D eigenvalue weighted by Gasteiger charge is -2.19. The number of nitrogens with zero attached hydrogens (tertiary/aromatic N) is 1. The van der Waals surface area contributed by atoms with Crippen LogP contribution < -0.4 is 4.90 Å². The summed E-state index contributed by atoms with van der Waals surface area (Å²) in [5.74, 6) is -0.935. The fourth-order valence-corrected chi connectivity index (χ4v) is 1.60. The van der Waals surface area contributed by atoms with E-state index in [0.717, 1.165) is 29.4 Å². The van der Waals surface area contributed by atoms with E-state index in [2.05, 4.69) is 4.90 Å². The molecule has 0 aliphatic heterocycles. The molecule has 0 bridgehead atoms. The third-order valence-electron chi connectivity index (χ3n) is 2.73. The predicted octanol–water partition coefficient (Wildman–Crippen LogP) is 2.18. The molecule has 0 saturated carbocycles. The summed E-state index contributed by atoms with van der Waals surface area (Å²) < 4.78 is 5.03. The van der Waals surface area contributed by atoms with Crippen molar-refractivity contribution in [2.24, 2.45) is 0 Å². The maximum Gasteiger partial charge on any atom is 0.328 e. The molecule has 0 aromatic heterocycles.